The molecule has 1 aromatic carbocycles. The van der Waals surface area contributed by atoms with Crippen LogP contribution in [0.4, 0.5) is 0 Å². The predicted molar refractivity (Wildman–Crippen MR) is 135 cm³/mol. The van der Waals surface area contributed by atoms with Gasteiger partial charge in [-0.2, -0.15) is 0 Å². The van der Waals surface area contributed by atoms with Crippen molar-refractivity contribution in [2.24, 2.45) is 5.92 Å². The second kappa shape index (κ2) is 11.8. The Labute approximate surface area is 212 Å². The fourth-order valence-electron chi connectivity index (χ4n) is 3.57. The van der Waals surface area contributed by atoms with E-state index < -0.39 is 6.04 Å². The SMILES string of the molecule is CC(C)C[C@@H](NC(=O)c1ccccc1OCc1ncc(C(C)(C)C)o1)C(=O)N(C)Cc1ccncn1. The Bertz CT molecular complexity index is 1150. The van der Waals surface area contributed by atoms with Gasteiger partial charge in [-0.05, 0) is 30.5 Å². The normalized spacial score (nSPS) is 12.3. The number of rotatable bonds is 10. The Morgan fingerprint density at radius 3 is 2.53 bits per heavy atom. The van der Waals surface area contributed by atoms with Crippen LogP contribution in [0.25, 0.3) is 0 Å². The van der Waals surface area contributed by atoms with Crippen LogP contribution < -0.4 is 10.1 Å². The molecule has 2 aromatic heterocycles. The first-order valence-corrected chi connectivity index (χ1v) is 12.0. The van der Waals surface area contributed by atoms with Crippen molar-refractivity contribution in [3.63, 3.8) is 0 Å². The molecule has 0 spiro atoms. The van der Waals surface area contributed by atoms with E-state index in [1.54, 1.807) is 54.7 Å². The van der Waals surface area contributed by atoms with Gasteiger partial charge in [0.05, 0.1) is 24.0 Å². The molecule has 1 N–H and O–H groups in total. The molecule has 1 atom stereocenters. The van der Waals surface area contributed by atoms with Crippen molar-refractivity contribution in [3.05, 3.63) is 72.0 Å². The Hall–Kier alpha value is -3.75. The van der Waals surface area contributed by atoms with E-state index in [9.17, 15) is 9.59 Å². The van der Waals surface area contributed by atoms with Crippen LogP contribution in [-0.4, -0.2) is 44.8 Å². The van der Waals surface area contributed by atoms with Gasteiger partial charge in [-0.15, -0.1) is 0 Å². The van der Waals surface area contributed by atoms with E-state index in [-0.39, 0.29) is 29.8 Å². The number of oxazole rings is 1. The second-order valence-electron chi connectivity index (χ2n) is 10.2. The first-order chi connectivity index (χ1) is 17.0. The van der Waals surface area contributed by atoms with Crippen molar-refractivity contribution in [2.75, 3.05) is 7.05 Å². The number of para-hydroxylation sites is 1. The molecule has 0 bridgehead atoms. The minimum Gasteiger partial charge on any atom is -0.483 e. The molecular formula is C27H35N5O4. The van der Waals surface area contributed by atoms with Crippen molar-refractivity contribution in [3.8, 4) is 5.75 Å². The number of hydrogen-bond acceptors (Lipinski definition) is 7. The summed E-state index contributed by atoms with van der Waals surface area (Å²) in [4.78, 5) is 40.4. The molecule has 192 valence electrons. The zero-order chi connectivity index (χ0) is 26.3. The number of aromatic nitrogens is 3. The monoisotopic (exact) mass is 493 g/mol. The predicted octanol–water partition coefficient (Wildman–Crippen LogP) is 4.14. The van der Waals surface area contributed by atoms with Crippen LogP contribution in [0.15, 0.2) is 53.5 Å². The quantitative estimate of drug-likeness (QED) is 0.452. The molecule has 2 heterocycles. The molecule has 3 rings (SSSR count). The van der Waals surface area contributed by atoms with E-state index in [1.165, 1.54) is 6.33 Å². The number of nitrogens with zero attached hydrogens (tertiary/aromatic N) is 4. The molecule has 0 saturated heterocycles. The lowest BCUT2D eigenvalue weighted by Gasteiger charge is -2.26. The third-order valence-corrected chi connectivity index (χ3v) is 5.50. The molecule has 3 aromatic rings. The van der Waals surface area contributed by atoms with Gasteiger partial charge in [0, 0.05) is 18.7 Å². The summed E-state index contributed by atoms with van der Waals surface area (Å²) in [5, 5.41) is 2.91. The lowest BCUT2D eigenvalue weighted by Crippen LogP contribution is -2.47. The fourth-order valence-corrected chi connectivity index (χ4v) is 3.57. The highest BCUT2D eigenvalue weighted by Crippen LogP contribution is 2.24. The summed E-state index contributed by atoms with van der Waals surface area (Å²) < 4.78 is 11.7. The number of carbonyl (C=O) groups excluding carboxylic acids is 2. The van der Waals surface area contributed by atoms with Crippen molar-refractivity contribution in [1.82, 2.24) is 25.2 Å². The number of likely N-dealkylation sites (N-methyl/N-ethyl adjacent to an activating group) is 1. The lowest BCUT2D eigenvalue weighted by molar-refractivity contribution is -0.132. The number of hydrogen-bond donors (Lipinski definition) is 1. The van der Waals surface area contributed by atoms with E-state index in [1.807, 2.05) is 34.6 Å². The number of ether oxygens (including phenoxy) is 1. The van der Waals surface area contributed by atoms with Crippen molar-refractivity contribution in [2.45, 2.75) is 65.6 Å². The highest BCUT2D eigenvalue weighted by atomic mass is 16.5. The molecule has 2 amide bonds. The maximum Gasteiger partial charge on any atom is 0.255 e. The molecule has 0 fully saturated rings. The molecule has 9 nitrogen and oxygen atoms in total. The number of carbonyl (C=O) groups is 2. The van der Waals surface area contributed by atoms with Crippen LogP contribution >= 0.6 is 0 Å². The smallest absolute Gasteiger partial charge is 0.255 e. The van der Waals surface area contributed by atoms with Gasteiger partial charge < -0.3 is 19.4 Å². The van der Waals surface area contributed by atoms with Crippen LogP contribution in [0.5, 0.6) is 5.75 Å². The number of nitrogens with one attached hydrogen (secondary N) is 1. The van der Waals surface area contributed by atoms with E-state index in [0.29, 0.717) is 30.2 Å². The minimum absolute atomic E-state index is 0.0798. The van der Waals surface area contributed by atoms with Crippen LogP contribution in [0.1, 0.15) is 68.7 Å². The first-order valence-electron chi connectivity index (χ1n) is 12.0. The standard InChI is InChI=1S/C27H35N5O4/c1-18(2)13-21(26(34)32(6)15-19-11-12-28-17-30-19)31-25(33)20-9-7-8-10-22(20)35-16-24-29-14-23(36-24)27(3,4)5/h7-12,14,17-18,21H,13,15-16H2,1-6H3,(H,31,33)/t21-/m1/s1. The molecule has 0 saturated carbocycles. The summed E-state index contributed by atoms with van der Waals surface area (Å²) >= 11 is 0. The highest BCUT2D eigenvalue weighted by Gasteiger charge is 2.27. The van der Waals surface area contributed by atoms with Crippen molar-refractivity contribution >= 4 is 11.8 Å². The molecule has 0 radical (unpaired) electrons. The second-order valence-corrected chi connectivity index (χ2v) is 10.2. The zero-order valence-corrected chi connectivity index (χ0v) is 21.8. The highest BCUT2D eigenvalue weighted by molar-refractivity contribution is 5.99. The van der Waals surface area contributed by atoms with Gasteiger partial charge in [0.15, 0.2) is 6.61 Å². The van der Waals surface area contributed by atoms with Crippen LogP contribution in [0, 0.1) is 5.92 Å². The molecular weight excluding hydrogens is 458 g/mol. The molecule has 0 aliphatic heterocycles. The van der Waals surface area contributed by atoms with Crippen LogP contribution in [-0.2, 0) is 23.4 Å². The molecule has 0 aliphatic rings. The van der Waals surface area contributed by atoms with Gasteiger partial charge in [-0.25, -0.2) is 15.0 Å². The summed E-state index contributed by atoms with van der Waals surface area (Å²) in [6, 6.07) is 7.98. The summed E-state index contributed by atoms with van der Waals surface area (Å²) in [5.74, 6) is 1.19. The van der Waals surface area contributed by atoms with Crippen LogP contribution in [0.3, 0.4) is 0 Å². The maximum atomic E-state index is 13.3. The number of amides is 2. The maximum absolute atomic E-state index is 13.3. The largest absolute Gasteiger partial charge is 0.483 e. The van der Waals surface area contributed by atoms with E-state index in [4.69, 9.17) is 9.15 Å². The average Bonchev–Trinajstić information content (AvgIpc) is 3.32. The van der Waals surface area contributed by atoms with Crippen LogP contribution in [0.2, 0.25) is 0 Å². The van der Waals surface area contributed by atoms with Gasteiger partial charge in [0.25, 0.3) is 5.91 Å². The Morgan fingerprint density at radius 2 is 1.89 bits per heavy atom. The zero-order valence-electron chi connectivity index (χ0n) is 21.8. The Balaban J connectivity index is 1.71. The van der Waals surface area contributed by atoms with E-state index >= 15 is 0 Å². The average molecular weight is 494 g/mol. The van der Waals surface area contributed by atoms with E-state index in [2.05, 4.69) is 20.3 Å². The summed E-state index contributed by atoms with van der Waals surface area (Å²) in [6.45, 7) is 10.5. The lowest BCUT2D eigenvalue weighted by atomic mass is 9.94. The van der Waals surface area contributed by atoms with Gasteiger partial charge in [0.2, 0.25) is 11.8 Å². The Morgan fingerprint density at radius 1 is 1.14 bits per heavy atom. The van der Waals surface area contributed by atoms with Gasteiger partial charge in [0.1, 0.15) is 23.9 Å². The van der Waals surface area contributed by atoms with Gasteiger partial charge in [-0.3, -0.25) is 9.59 Å². The number of benzene rings is 1. The van der Waals surface area contributed by atoms with E-state index in [0.717, 1.165) is 11.5 Å². The topological polar surface area (TPSA) is 110 Å². The molecule has 9 heteroatoms. The minimum atomic E-state index is -0.696. The third kappa shape index (κ3) is 7.37. The Kier molecular flexibility index (Phi) is 8.79. The van der Waals surface area contributed by atoms with Crippen molar-refractivity contribution in [1.29, 1.82) is 0 Å². The first kappa shape index (κ1) is 26.8. The molecule has 0 unspecified atom stereocenters. The van der Waals surface area contributed by atoms with Crippen molar-refractivity contribution < 1.29 is 18.7 Å². The van der Waals surface area contributed by atoms with Gasteiger partial charge in [-0.1, -0.05) is 46.8 Å². The summed E-state index contributed by atoms with van der Waals surface area (Å²) in [7, 11) is 1.70. The summed E-state index contributed by atoms with van der Waals surface area (Å²) in [6.07, 6.45) is 5.26. The fraction of sp³-hybridized carbons (Fsp3) is 0.444. The third-order valence-electron chi connectivity index (χ3n) is 5.50. The summed E-state index contributed by atoms with van der Waals surface area (Å²) in [5.41, 5.74) is 0.886. The molecule has 36 heavy (non-hydrogen) atoms. The molecule has 0 aliphatic carbocycles. The van der Waals surface area contributed by atoms with Gasteiger partial charge >= 0.3 is 0 Å².